The van der Waals surface area contributed by atoms with E-state index in [1.165, 1.54) is 25.7 Å². The van der Waals surface area contributed by atoms with Crippen LogP contribution in [-0.4, -0.2) is 5.11 Å². The normalized spacial score (nSPS) is 34.5. The van der Waals surface area contributed by atoms with Crippen LogP contribution >= 0.6 is 11.6 Å². The van der Waals surface area contributed by atoms with Crippen molar-refractivity contribution in [1.29, 1.82) is 0 Å². The number of fused-ring (bicyclic) bond motifs is 2. The highest BCUT2D eigenvalue weighted by molar-refractivity contribution is 6.28. The Labute approximate surface area is 101 Å². The molecule has 2 aliphatic rings. The molecule has 3 rings (SSSR count). The predicted molar refractivity (Wildman–Crippen MR) is 62.2 cm³/mol. The van der Waals surface area contributed by atoms with Gasteiger partial charge in [-0.3, -0.25) is 0 Å². The average molecular weight is 241 g/mol. The van der Waals surface area contributed by atoms with E-state index >= 15 is 0 Å². The lowest BCUT2D eigenvalue weighted by Gasteiger charge is -2.23. The number of rotatable bonds is 3. The van der Waals surface area contributed by atoms with E-state index in [-0.39, 0.29) is 0 Å². The van der Waals surface area contributed by atoms with Gasteiger partial charge in [0.1, 0.15) is 11.9 Å². The molecule has 2 nitrogen and oxygen atoms in total. The summed E-state index contributed by atoms with van der Waals surface area (Å²) in [7, 11) is 0. The minimum atomic E-state index is -0.475. The first-order chi connectivity index (χ1) is 7.72. The lowest BCUT2D eigenvalue weighted by atomic mass is 9.84. The summed E-state index contributed by atoms with van der Waals surface area (Å²) < 4.78 is 5.25. The maximum atomic E-state index is 10.1. The summed E-state index contributed by atoms with van der Waals surface area (Å²) >= 11 is 5.71. The monoisotopic (exact) mass is 240 g/mol. The van der Waals surface area contributed by atoms with Crippen molar-refractivity contribution in [3.8, 4) is 0 Å². The molecular weight excluding hydrogens is 224 g/mol. The lowest BCUT2D eigenvalue weighted by Crippen LogP contribution is -2.14. The van der Waals surface area contributed by atoms with Gasteiger partial charge in [-0.1, -0.05) is 6.42 Å². The first-order valence-electron chi connectivity index (χ1n) is 6.15. The summed E-state index contributed by atoms with van der Waals surface area (Å²) in [6, 6.07) is 3.47. The van der Waals surface area contributed by atoms with Crippen LogP contribution in [0.1, 0.15) is 44.0 Å². The third-order valence-electron chi connectivity index (χ3n) is 4.33. The molecular formula is C13H17ClO2. The molecule has 0 aliphatic heterocycles. The molecule has 1 N–H and O–H groups in total. The Hall–Kier alpha value is -0.470. The standard InChI is InChI=1S/C13H17ClO2/c14-13-4-3-12(16-13)11(15)7-10-6-8-1-2-9(10)5-8/h3-4,8-11,15H,1-2,5-7H2. The van der Waals surface area contributed by atoms with Gasteiger partial charge in [-0.05, 0) is 67.2 Å². The fourth-order valence-corrected chi connectivity index (χ4v) is 3.73. The van der Waals surface area contributed by atoms with Crippen molar-refractivity contribution in [2.24, 2.45) is 17.8 Å². The topological polar surface area (TPSA) is 33.4 Å². The highest BCUT2D eigenvalue weighted by Crippen LogP contribution is 2.50. The van der Waals surface area contributed by atoms with Gasteiger partial charge in [0, 0.05) is 0 Å². The van der Waals surface area contributed by atoms with Gasteiger partial charge in [0.2, 0.25) is 0 Å². The molecule has 0 saturated heterocycles. The Morgan fingerprint density at radius 1 is 1.38 bits per heavy atom. The third kappa shape index (κ3) is 1.89. The fraction of sp³-hybridized carbons (Fsp3) is 0.692. The molecule has 1 heterocycles. The maximum Gasteiger partial charge on any atom is 0.193 e. The first-order valence-corrected chi connectivity index (χ1v) is 6.53. The number of hydrogen-bond acceptors (Lipinski definition) is 2. The van der Waals surface area contributed by atoms with Gasteiger partial charge >= 0.3 is 0 Å². The second-order valence-corrected chi connectivity index (χ2v) is 5.70. The van der Waals surface area contributed by atoms with E-state index in [1.54, 1.807) is 12.1 Å². The van der Waals surface area contributed by atoms with Crippen molar-refractivity contribution >= 4 is 11.6 Å². The molecule has 88 valence electrons. The number of aliphatic hydroxyl groups excluding tert-OH is 1. The largest absolute Gasteiger partial charge is 0.447 e. The van der Waals surface area contributed by atoms with Crippen LogP contribution in [0.4, 0.5) is 0 Å². The van der Waals surface area contributed by atoms with E-state index in [1.807, 2.05) is 0 Å². The minimum absolute atomic E-state index is 0.363. The highest BCUT2D eigenvalue weighted by Gasteiger charge is 2.40. The van der Waals surface area contributed by atoms with Crippen molar-refractivity contribution in [2.45, 2.75) is 38.2 Å². The van der Waals surface area contributed by atoms with Crippen molar-refractivity contribution < 1.29 is 9.52 Å². The van der Waals surface area contributed by atoms with E-state index in [9.17, 15) is 5.11 Å². The molecule has 1 aromatic rings. The zero-order valence-electron chi connectivity index (χ0n) is 9.23. The zero-order chi connectivity index (χ0) is 11.1. The van der Waals surface area contributed by atoms with Gasteiger partial charge in [0.05, 0.1) is 0 Å². The van der Waals surface area contributed by atoms with Crippen LogP contribution in [0.2, 0.25) is 5.22 Å². The number of aliphatic hydroxyl groups is 1. The van der Waals surface area contributed by atoms with Crippen LogP contribution in [0.15, 0.2) is 16.5 Å². The smallest absolute Gasteiger partial charge is 0.193 e. The molecule has 0 radical (unpaired) electrons. The summed E-state index contributed by atoms with van der Waals surface area (Å²) in [4.78, 5) is 0. The molecule has 0 spiro atoms. The Balaban J connectivity index is 1.62. The number of hydrogen-bond donors (Lipinski definition) is 1. The Kier molecular flexibility index (Phi) is 2.72. The van der Waals surface area contributed by atoms with Crippen molar-refractivity contribution in [3.05, 3.63) is 23.1 Å². The van der Waals surface area contributed by atoms with Gasteiger partial charge in [0.25, 0.3) is 0 Å². The zero-order valence-corrected chi connectivity index (χ0v) is 9.99. The number of furan rings is 1. The molecule has 0 amide bonds. The van der Waals surface area contributed by atoms with Crippen LogP contribution < -0.4 is 0 Å². The van der Waals surface area contributed by atoms with Gasteiger partial charge < -0.3 is 9.52 Å². The lowest BCUT2D eigenvalue weighted by molar-refractivity contribution is 0.105. The molecule has 2 aliphatic carbocycles. The summed E-state index contributed by atoms with van der Waals surface area (Å²) in [5.74, 6) is 3.10. The third-order valence-corrected chi connectivity index (χ3v) is 4.54. The van der Waals surface area contributed by atoms with Gasteiger partial charge in [-0.2, -0.15) is 0 Å². The molecule has 2 saturated carbocycles. The molecule has 1 aromatic heterocycles. The Bertz CT molecular complexity index is 374. The van der Waals surface area contributed by atoms with E-state index in [0.29, 0.717) is 16.9 Å². The van der Waals surface area contributed by atoms with Crippen molar-refractivity contribution in [3.63, 3.8) is 0 Å². The molecule has 4 unspecified atom stereocenters. The predicted octanol–water partition coefficient (Wildman–Crippen LogP) is 3.79. The summed E-state index contributed by atoms with van der Waals surface area (Å²) in [5.41, 5.74) is 0. The Morgan fingerprint density at radius 2 is 2.25 bits per heavy atom. The van der Waals surface area contributed by atoms with Crippen LogP contribution in [0, 0.1) is 17.8 Å². The van der Waals surface area contributed by atoms with Crippen LogP contribution in [-0.2, 0) is 0 Å². The molecule has 16 heavy (non-hydrogen) atoms. The van der Waals surface area contributed by atoms with Crippen LogP contribution in [0.3, 0.4) is 0 Å². The summed E-state index contributed by atoms with van der Waals surface area (Å²) in [6.45, 7) is 0. The molecule has 3 heteroatoms. The van der Waals surface area contributed by atoms with Crippen molar-refractivity contribution in [1.82, 2.24) is 0 Å². The minimum Gasteiger partial charge on any atom is -0.447 e. The van der Waals surface area contributed by atoms with Crippen LogP contribution in [0.25, 0.3) is 0 Å². The highest BCUT2D eigenvalue weighted by atomic mass is 35.5. The van der Waals surface area contributed by atoms with E-state index in [0.717, 1.165) is 18.3 Å². The molecule has 0 aromatic carbocycles. The molecule has 4 atom stereocenters. The summed E-state index contributed by atoms with van der Waals surface area (Å²) in [6.07, 6.45) is 5.82. The second-order valence-electron chi connectivity index (χ2n) is 5.33. The Morgan fingerprint density at radius 3 is 2.81 bits per heavy atom. The van der Waals surface area contributed by atoms with Crippen LogP contribution in [0.5, 0.6) is 0 Å². The van der Waals surface area contributed by atoms with Crippen molar-refractivity contribution in [2.75, 3.05) is 0 Å². The van der Waals surface area contributed by atoms with E-state index < -0.39 is 6.10 Å². The fourth-order valence-electron chi connectivity index (χ4n) is 3.58. The molecule has 2 bridgehead atoms. The van der Waals surface area contributed by atoms with E-state index in [4.69, 9.17) is 16.0 Å². The van der Waals surface area contributed by atoms with Gasteiger partial charge in [-0.15, -0.1) is 0 Å². The van der Waals surface area contributed by atoms with E-state index in [2.05, 4.69) is 0 Å². The number of halogens is 1. The quantitative estimate of drug-likeness (QED) is 0.872. The SMILES string of the molecule is OC(CC1CC2CCC1C2)c1ccc(Cl)o1. The van der Waals surface area contributed by atoms with Gasteiger partial charge in [-0.25, -0.2) is 0 Å². The molecule has 2 fully saturated rings. The maximum absolute atomic E-state index is 10.1. The second kappa shape index (κ2) is 4.08. The van der Waals surface area contributed by atoms with Gasteiger partial charge in [0.15, 0.2) is 5.22 Å². The average Bonchev–Trinajstić information content (AvgIpc) is 2.92. The first kappa shape index (κ1) is 10.7. The summed E-state index contributed by atoms with van der Waals surface area (Å²) in [5, 5.41) is 10.4.